The fourth-order valence-electron chi connectivity index (χ4n) is 2.10. The Morgan fingerprint density at radius 1 is 0.958 bits per heavy atom. The zero-order chi connectivity index (χ0) is 18.3. The summed E-state index contributed by atoms with van der Waals surface area (Å²) in [5, 5.41) is 0. The van der Waals surface area contributed by atoms with Gasteiger partial charge in [-0.1, -0.05) is 0 Å². The molecule has 0 aliphatic carbocycles. The maximum Gasteiger partial charge on any atom is 0.416 e. The van der Waals surface area contributed by atoms with Crippen LogP contribution in [0, 0.1) is 11.7 Å². The molecule has 0 radical (unpaired) electrons. The monoisotopic (exact) mass is 368 g/mol. The number of aromatic amines is 2. The molecule has 2 aromatic rings. The van der Waals surface area contributed by atoms with Crippen LogP contribution in [0.5, 0.6) is 0 Å². The van der Waals surface area contributed by atoms with E-state index in [1.165, 1.54) is 6.92 Å². The van der Waals surface area contributed by atoms with Gasteiger partial charge in [0.1, 0.15) is 0 Å². The smallest absolute Gasteiger partial charge is 0.335 e. The number of halogens is 6. The van der Waals surface area contributed by atoms with Crippen molar-refractivity contribution < 1.29 is 26.3 Å². The van der Waals surface area contributed by atoms with Crippen molar-refractivity contribution in [2.75, 3.05) is 0 Å². The number of hydrogen-bond donors (Lipinski definition) is 2. The molecule has 130 valence electrons. The first-order valence-electron chi connectivity index (χ1n) is 6.48. The number of nitrogens with one attached hydrogen (secondary N) is 2. The Bertz CT molecular complexity index is 846. The Hall–Kier alpha value is -2.10. The van der Waals surface area contributed by atoms with E-state index in [1.54, 1.807) is 0 Å². The van der Waals surface area contributed by atoms with Gasteiger partial charge in [0.2, 0.25) is 0 Å². The molecule has 10 heteroatoms. The van der Waals surface area contributed by atoms with Gasteiger partial charge in [0.15, 0.2) is 4.77 Å². The maximum absolute atomic E-state index is 12.8. The van der Waals surface area contributed by atoms with Crippen molar-refractivity contribution in [3.8, 4) is 0 Å². The minimum Gasteiger partial charge on any atom is -0.335 e. The second-order valence-electron chi connectivity index (χ2n) is 5.10. The minimum absolute atomic E-state index is 0.0520. The van der Waals surface area contributed by atoms with Crippen LogP contribution in [0.1, 0.15) is 27.9 Å². The maximum atomic E-state index is 12.8. The van der Waals surface area contributed by atoms with E-state index in [2.05, 4.69) is 9.97 Å². The van der Waals surface area contributed by atoms with Gasteiger partial charge in [-0.05, 0) is 42.9 Å². The summed E-state index contributed by atoms with van der Waals surface area (Å²) in [6.07, 6.45) is -10.2. The van der Waals surface area contributed by atoms with E-state index in [4.69, 9.17) is 12.2 Å². The normalized spacial score (nSPS) is 12.5. The van der Waals surface area contributed by atoms with Crippen molar-refractivity contribution in [1.82, 2.24) is 9.97 Å². The lowest BCUT2D eigenvalue weighted by atomic mass is 10.00. The van der Waals surface area contributed by atoms with Crippen LogP contribution in [0.3, 0.4) is 0 Å². The molecular weight excluding hydrogens is 358 g/mol. The summed E-state index contributed by atoms with van der Waals surface area (Å²) in [7, 11) is 0. The summed E-state index contributed by atoms with van der Waals surface area (Å²) in [6, 6.07) is 1.29. The van der Waals surface area contributed by atoms with Crippen molar-refractivity contribution in [2.24, 2.45) is 0 Å². The average Bonchev–Trinajstić information content (AvgIpc) is 2.42. The topological polar surface area (TPSA) is 48.6 Å². The Kier molecular flexibility index (Phi) is 4.62. The molecule has 0 aliphatic heterocycles. The van der Waals surface area contributed by atoms with Crippen molar-refractivity contribution in [1.29, 1.82) is 0 Å². The molecule has 0 atom stereocenters. The molecule has 24 heavy (non-hydrogen) atoms. The number of aromatic nitrogens is 2. The molecule has 3 nitrogen and oxygen atoms in total. The third kappa shape index (κ3) is 4.05. The van der Waals surface area contributed by atoms with Crippen LogP contribution in [0.4, 0.5) is 26.3 Å². The van der Waals surface area contributed by atoms with Gasteiger partial charge in [-0.25, -0.2) is 0 Å². The average molecular weight is 368 g/mol. The van der Waals surface area contributed by atoms with E-state index in [1.807, 2.05) is 0 Å². The molecule has 0 amide bonds. The minimum atomic E-state index is -4.92. The van der Waals surface area contributed by atoms with E-state index in [-0.39, 0.29) is 34.1 Å². The van der Waals surface area contributed by atoms with Gasteiger partial charge in [0, 0.05) is 17.7 Å². The molecule has 0 saturated heterocycles. The molecule has 2 N–H and O–H groups in total. The molecule has 0 spiro atoms. The Morgan fingerprint density at radius 2 is 1.46 bits per heavy atom. The quantitative estimate of drug-likeness (QED) is 0.611. The zero-order valence-electron chi connectivity index (χ0n) is 12.0. The predicted octanol–water partition coefficient (Wildman–Crippen LogP) is 4.37. The van der Waals surface area contributed by atoms with E-state index in [9.17, 15) is 31.1 Å². The van der Waals surface area contributed by atoms with E-state index >= 15 is 0 Å². The molecular formula is C14H10F6N2OS. The molecule has 2 rings (SSSR count). The lowest BCUT2D eigenvalue weighted by Gasteiger charge is -2.14. The largest absolute Gasteiger partial charge is 0.416 e. The number of hydrogen-bond acceptors (Lipinski definition) is 2. The van der Waals surface area contributed by atoms with Gasteiger partial charge in [0.25, 0.3) is 5.56 Å². The SMILES string of the molecule is Cc1c(Cc2cc(C(F)(F)F)cc(C(F)(F)F)c2)[nH]c(=S)[nH]c1=O. The second kappa shape index (κ2) is 6.08. The summed E-state index contributed by atoms with van der Waals surface area (Å²) in [5.41, 5.74) is -3.33. The Balaban J connectivity index is 2.59. The van der Waals surface area contributed by atoms with E-state index in [0.29, 0.717) is 12.1 Å². The molecule has 1 heterocycles. The lowest BCUT2D eigenvalue weighted by Crippen LogP contribution is -2.16. The number of rotatable bonds is 2. The molecule has 1 aromatic heterocycles. The zero-order valence-corrected chi connectivity index (χ0v) is 12.8. The van der Waals surface area contributed by atoms with Gasteiger partial charge in [-0.15, -0.1) is 0 Å². The lowest BCUT2D eigenvalue weighted by molar-refractivity contribution is -0.143. The summed E-state index contributed by atoms with van der Waals surface area (Å²) < 4.78 is 76.9. The standard InChI is InChI=1S/C14H10F6N2OS/c1-6-10(21-12(24)22-11(6)23)4-7-2-8(13(15,16)17)5-9(3-7)14(18,19)20/h2-3,5H,4H2,1H3,(H2,21,22,23,24). The molecule has 0 bridgehead atoms. The fourth-order valence-corrected chi connectivity index (χ4v) is 2.31. The van der Waals surface area contributed by atoms with Crippen LogP contribution in [0.15, 0.2) is 23.0 Å². The summed E-state index contributed by atoms with van der Waals surface area (Å²) in [6.45, 7) is 1.39. The second-order valence-corrected chi connectivity index (χ2v) is 5.51. The third-order valence-electron chi connectivity index (χ3n) is 3.31. The van der Waals surface area contributed by atoms with Crippen molar-refractivity contribution in [3.63, 3.8) is 0 Å². The number of benzene rings is 1. The summed E-state index contributed by atoms with van der Waals surface area (Å²) in [5.74, 6) is 0. The van der Waals surface area contributed by atoms with Crippen molar-refractivity contribution in [2.45, 2.75) is 25.7 Å². The van der Waals surface area contributed by atoms with Gasteiger partial charge in [0.05, 0.1) is 11.1 Å². The molecule has 0 aliphatic rings. The number of alkyl halides is 6. The van der Waals surface area contributed by atoms with Gasteiger partial charge in [-0.3, -0.25) is 9.78 Å². The highest BCUT2D eigenvalue weighted by molar-refractivity contribution is 7.71. The van der Waals surface area contributed by atoms with Crippen LogP contribution in [0.2, 0.25) is 0 Å². The highest BCUT2D eigenvalue weighted by atomic mass is 32.1. The molecule has 0 fully saturated rings. The molecule has 0 unspecified atom stereocenters. The Labute approximate surface area is 136 Å². The summed E-state index contributed by atoms with van der Waals surface area (Å²) in [4.78, 5) is 16.5. The van der Waals surface area contributed by atoms with Gasteiger partial charge < -0.3 is 4.98 Å². The van der Waals surface area contributed by atoms with Crippen molar-refractivity contribution in [3.05, 3.63) is 61.3 Å². The van der Waals surface area contributed by atoms with Gasteiger partial charge >= 0.3 is 12.4 Å². The van der Waals surface area contributed by atoms with Gasteiger partial charge in [-0.2, -0.15) is 26.3 Å². The highest BCUT2D eigenvalue weighted by Gasteiger charge is 2.36. The Morgan fingerprint density at radius 3 is 1.92 bits per heavy atom. The third-order valence-corrected chi connectivity index (χ3v) is 3.52. The fraction of sp³-hybridized carbons (Fsp3) is 0.286. The first kappa shape index (κ1) is 18.2. The first-order chi connectivity index (χ1) is 10.9. The van der Waals surface area contributed by atoms with Crippen LogP contribution in [-0.2, 0) is 18.8 Å². The van der Waals surface area contributed by atoms with Crippen LogP contribution < -0.4 is 5.56 Å². The predicted molar refractivity (Wildman–Crippen MR) is 76.2 cm³/mol. The van der Waals surface area contributed by atoms with Crippen molar-refractivity contribution >= 4 is 12.2 Å². The van der Waals surface area contributed by atoms with Crippen LogP contribution >= 0.6 is 12.2 Å². The van der Waals surface area contributed by atoms with Crippen LogP contribution in [-0.4, -0.2) is 9.97 Å². The van der Waals surface area contributed by atoms with Crippen LogP contribution in [0.25, 0.3) is 0 Å². The summed E-state index contributed by atoms with van der Waals surface area (Å²) >= 11 is 4.76. The molecule has 0 saturated carbocycles. The first-order valence-corrected chi connectivity index (χ1v) is 6.89. The van der Waals surface area contributed by atoms with E-state index in [0.717, 1.165) is 0 Å². The number of H-pyrrole nitrogens is 2. The highest BCUT2D eigenvalue weighted by Crippen LogP contribution is 2.36. The van der Waals surface area contributed by atoms with E-state index < -0.39 is 29.0 Å². The molecule has 1 aromatic carbocycles.